The summed E-state index contributed by atoms with van der Waals surface area (Å²) in [6.45, 7) is 7.20. The van der Waals surface area contributed by atoms with Crippen LogP contribution in [0.1, 0.15) is 37.9 Å². The molecule has 90 valence electrons. The fourth-order valence-corrected chi connectivity index (χ4v) is 2.21. The molecule has 0 bridgehead atoms. The van der Waals surface area contributed by atoms with Crippen molar-refractivity contribution in [1.82, 2.24) is 4.72 Å². The third-order valence-electron chi connectivity index (χ3n) is 2.54. The normalized spacial score (nSPS) is 14.1. The fraction of sp³-hybridized carbons (Fsp3) is 0.500. The quantitative estimate of drug-likeness (QED) is 0.879. The van der Waals surface area contributed by atoms with Crippen LogP contribution in [0.2, 0.25) is 0 Å². The lowest BCUT2D eigenvalue weighted by Gasteiger charge is -2.16. The lowest BCUT2D eigenvalue weighted by molar-refractivity contribution is 0.558. The topological polar surface area (TPSA) is 46.2 Å². The molecule has 0 aliphatic carbocycles. The number of sulfonamides is 1. The Labute approximate surface area is 97.9 Å². The Morgan fingerprint density at radius 3 is 2.00 bits per heavy atom. The van der Waals surface area contributed by atoms with Gasteiger partial charge in [-0.05, 0) is 33.3 Å². The highest BCUT2D eigenvalue weighted by molar-refractivity contribution is 7.90. The largest absolute Gasteiger partial charge is 0.214 e. The zero-order valence-corrected chi connectivity index (χ0v) is 11.0. The maximum atomic E-state index is 11.7. The Bertz CT molecular complexity index is 435. The van der Waals surface area contributed by atoms with Gasteiger partial charge >= 0.3 is 0 Å². The van der Waals surface area contributed by atoms with Gasteiger partial charge in [0.05, 0.1) is 5.25 Å². The molecule has 1 atom stereocenters. The predicted octanol–water partition coefficient (Wildman–Crippen LogP) is 2.38. The highest BCUT2D eigenvalue weighted by Crippen LogP contribution is 2.15. The molecular weight excluding hydrogens is 222 g/mol. The van der Waals surface area contributed by atoms with Crippen molar-refractivity contribution in [3.8, 4) is 0 Å². The molecule has 1 N–H and O–H groups in total. The molecule has 0 heterocycles. The van der Waals surface area contributed by atoms with E-state index in [0.29, 0.717) is 0 Å². The van der Waals surface area contributed by atoms with Crippen molar-refractivity contribution in [2.75, 3.05) is 0 Å². The first-order valence-corrected chi connectivity index (χ1v) is 6.95. The van der Waals surface area contributed by atoms with Crippen molar-refractivity contribution in [3.05, 3.63) is 35.4 Å². The summed E-state index contributed by atoms with van der Waals surface area (Å²) < 4.78 is 26.0. The van der Waals surface area contributed by atoms with E-state index in [9.17, 15) is 8.42 Å². The predicted molar refractivity (Wildman–Crippen MR) is 66.8 cm³/mol. The average molecular weight is 241 g/mol. The summed E-state index contributed by atoms with van der Waals surface area (Å²) in [7, 11) is -3.21. The Morgan fingerprint density at radius 2 is 1.56 bits per heavy atom. The maximum Gasteiger partial charge on any atom is 0.214 e. The molecule has 16 heavy (non-hydrogen) atoms. The zero-order chi connectivity index (χ0) is 12.3. The van der Waals surface area contributed by atoms with Crippen LogP contribution in [0.25, 0.3) is 0 Å². The van der Waals surface area contributed by atoms with E-state index in [1.165, 1.54) is 5.56 Å². The first kappa shape index (κ1) is 13.2. The molecule has 0 aliphatic heterocycles. The molecule has 0 radical (unpaired) electrons. The highest BCUT2D eigenvalue weighted by atomic mass is 32.2. The third-order valence-corrected chi connectivity index (χ3v) is 4.46. The highest BCUT2D eigenvalue weighted by Gasteiger charge is 2.19. The molecular formula is C12H19NO2S. The molecule has 1 rings (SSSR count). The van der Waals surface area contributed by atoms with Gasteiger partial charge in [-0.25, -0.2) is 13.1 Å². The van der Waals surface area contributed by atoms with Crippen LogP contribution in [0.15, 0.2) is 24.3 Å². The molecule has 1 aromatic carbocycles. The van der Waals surface area contributed by atoms with Gasteiger partial charge < -0.3 is 0 Å². The summed E-state index contributed by atoms with van der Waals surface area (Å²) in [5, 5.41) is -0.402. The van der Waals surface area contributed by atoms with E-state index < -0.39 is 15.3 Å². The number of hydrogen-bond donors (Lipinski definition) is 1. The first-order valence-electron chi connectivity index (χ1n) is 5.40. The van der Waals surface area contributed by atoms with Crippen LogP contribution in [0, 0.1) is 6.92 Å². The van der Waals surface area contributed by atoms with E-state index >= 15 is 0 Å². The molecule has 0 spiro atoms. The van der Waals surface area contributed by atoms with Crippen molar-refractivity contribution >= 4 is 10.0 Å². The molecule has 0 aromatic heterocycles. The monoisotopic (exact) mass is 241 g/mol. The second kappa shape index (κ2) is 4.97. The smallest absolute Gasteiger partial charge is 0.212 e. The lowest BCUT2D eigenvalue weighted by Crippen LogP contribution is -2.32. The minimum atomic E-state index is -3.21. The molecule has 3 nitrogen and oxygen atoms in total. The number of benzene rings is 1. The summed E-state index contributed by atoms with van der Waals surface area (Å²) in [4.78, 5) is 0. The second-order valence-electron chi connectivity index (χ2n) is 4.34. The van der Waals surface area contributed by atoms with Crippen LogP contribution in [-0.2, 0) is 10.0 Å². The van der Waals surface area contributed by atoms with Crippen LogP contribution in [0.3, 0.4) is 0 Å². The van der Waals surface area contributed by atoms with Crippen LogP contribution in [-0.4, -0.2) is 13.7 Å². The van der Waals surface area contributed by atoms with Crippen molar-refractivity contribution in [2.24, 2.45) is 0 Å². The van der Waals surface area contributed by atoms with Crippen molar-refractivity contribution < 1.29 is 8.42 Å². The molecule has 0 saturated carbocycles. The molecule has 0 fully saturated rings. The van der Waals surface area contributed by atoms with Gasteiger partial charge in [-0.15, -0.1) is 0 Å². The van der Waals surface area contributed by atoms with Gasteiger partial charge in [0.15, 0.2) is 0 Å². The molecule has 4 heteroatoms. The number of hydrogen-bond acceptors (Lipinski definition) is 2. The minimum Gasteiger partial charge on any atom is -0.212 e. The van der Waals surface area contributed by atoms with E-state index in [-0.39, 0.29) is 6.04 Å². The van der Waals surface area contributed by atoms with Gasteiger partial charge in [0.25, 0.3) is 0 Å². The molecule has 0 aliphatic rings. The van der Waals surface area contributed by atoms with Gasteiger partial charge in [0.1, 0.15) is 0 Å². The Kier molecular flexibility index (Phi) is 4.10. The SMILES string of the molecule is Cc1ccc([C@@H](C)NS(=O)(=O)C(C)C)cc1. The van der Waals surface area contributed by atoms with Gasteiger partial charge in [-0.2, -0.15) is 0 Å². The van der Waals surface area contributed by atoms with E-state index in [2.05, 4.69) is 4.72 Å². The van der Waals surface area contributed by atoms with Crippen molar-refractivity contribution in [1.29, 1.82) is 0 Å². The summed E-state index contributed by atoms with van der Waals surface area (Å²) in [6, 6.07) is 7.67. The van der Waals surface area contributed by atoms with Crippen LogP contribution < -0.4 is 4.72 Å². The van der Waals surface area contributed by atoms with Gasteiger partial charge in [-0.3, -0.25) is 0 Å². The minimum absolute atomic E-state index is 0.187. The summed E-state index contributed by atoms with van der Waals surface area (Å²) in [5.41, 5.74) is 2.15. The second-order valence-corrected chi connectivity index (χ2v) is 6.61. The Balaban J connectivity index is 2.81. The third kappa shape index (κ3) is 3.32. The Hall–Kier alpha value is -0.870. The van der Waals surface area contributed by atoms with Crippen molar-refractivity contribution in [3.63, 3.8) is 0 Å². The van der Waals surface area contributed by atoms with Crippen LogP contribution in [0.4, 0.5) is 0 Å². The van der Waals surface area contributed by atoms with E-state index in [1.807, 2.05) is 38.1 Å². The number of rotatable bonds is 4. The Morgan fingerprint density at radius 1 is 1.06 bits per heavy atom. The zero-order valence-electron chi connectivity index (χ0n) is 10.2. The number of nitrogens with one attached hydrogen (secondary N) is 1. The van der Waals surface area contributed by atoms with E-state index in [1.54, 1.807) is 13.8 Å². The van der Waals surface area contributed by atoms with E-state index in [4.69, 9.17) is 0 Å². The van der Waals surface area contributed by atoms with Crippen molar-refractivity contribution in [2.45, 2.75) is 39.0 Å². The van der Waals surface area contributed by atoms with Gasteiger partial charge in [0.2, 0.25) is 10.0 Å². The first-order chi connectivity index (χ1) is 7.33. The standard InChI is InChI=1S/C12H19NO2S/c1-9(2)16(14,15)13-11(4)12-7-5-10(3)6-8-12/h5-9,11,13H,1-4H3/t11-/m1/s1. The fourth-order valence-electron chi connectivity index (χ4n) is 1.31. The van der Waals surface area contributed by atoms with Crippen LogP contribution in [0.5, 0.6) is 0 Å². The molecule has 0 saturated heterocycles. The molecule has 0 amide bonds. The number of aryl methyl sites for hydroxylation is 1. The lowest BCUT2D eigenvalue weighted by atomic mass is 10.1. The maximum absolute atomic E-state index is 11.7. The van der Waals surface area contributed by atoms with Gasteiger partial charge in [0, 0.05) is 6.04 Å². The average Bonchev–Trinajstić information content (AvgIpc) is 2.17. The molecule has 0 unspecified atom stereocenters. The van der Waals surface area contributed by atoms with Crippen LogP contribution >= 0.6 is 0 Å². The summed E-state index contributed by atoms with van der Waals surface area (Å²) in [5.74, 6) is 0. The van der Waals surface area contributed by atoms with Gasteiger partial charge in [-0.1, -0.05) is 29.8 Å². The molecule has 1 aromatic rings. The van der Waals surface area contributed by atoms with E-state index in [0.717, 1.165) is 5.56 Å². The summed E-state index contributed by atoms with van der Waals surface area (Å²) in [6.07, 6.45) is 0. The summed E-state index contributed by atoms with van der Waals surface area (Å²) >= 11 is 0.